The molecule has 34 heavy (non-hydrogen) atoms. The van der Waals surface area contributed by atoms with E-state index in [0.717, 1.165) is 61.3 Å². The van der Waals surface area contributed by atoms with E-state index in [-0.39, 0.29) is 0 Å². The zero-order chi connectivity index (χ0) is 23.1. The molecular formula is C26H22N8. The van der Waals surface area contributed by atoms with Crippen LogP contribution in [0.25, 0.3) is 55.6 Å². The first-order valence-electron chi connectivity index (χ1n) is 11.1. The Bertz CT molecular complexity index is 1610. The Labute approximate surface area is 195 Å². The molecule has 0 atom stereocenters. The van der Waals surface area contributed by atoms with Gasteiger partial charge in [0.05, 0.1) is 40.5 Å². The van der Waals surface area contributed by atoms with Gasteiger partial charge in [-0.25, -0.2) is 0 Å². The predicted octanol–water partition coefficient (Wildman–Crippen LogP) is 5.45. The minimum atomic E-state index is 0.321. The highest BCUT2D eigenvalue weighted by molar-refractivity contribution is 6.01. The number of aromatic amines is 2. The molecule has 0 radical (unpaired) electrons. The minimum Gasteiger partial charge on any atom is -0.382 e. The van der Waals surface area contributed by atoms with Crippen molar-refractivity contribution in [3.8, 4) is 33.8 Å². The van der Waals surface area contributed by atoms with Crippen LogP contribution in [-0.4, -0.2) is 41.2 Å². The fourth-order valence-electron chi connectivity index (χ4n) is 4.21. The molecule has 0 amide bonds. The Morgan fingerprint density at radius 1 is 0.794 bits per heavy atom. The van der Waals surface area contributed by atoms with Crippen LogP contribution in [0.15, 0.2) is 73.7 Å². The highest BCUT2D eigenvalue weighted by atomic mass is 15.1. The molecule has 0 aliphatic rings. The SMILES string of the molecule is CC(C)Nc1cncc(-c2cc3c(-c4cc5c(-c6ccncc6)cncc5[nH]4)n[nH]c3cn2)c1. The summed E-state index contributed by atoms with van der Waals surface area (Å²) in [5, 5.41) is 13.2. The van der Waals surface area contributed by atoms with E-state index in [1.54, 1.807) is 12.4 Å². The van der Waals surface area contributed by atoms with Crippen LogP contribution >= 0.6 is 0 Å². The van der Waals surface area contributed by atoms with Crippen molar-refractivity contribution in [2.24, 2.45) is 0 Å². The molecule has 0 unspecified atom stereocenters. The monoisotopic (exact) mass is 446 g/mol. The van der Waals surface area contributed by atoms with Crippen LogP contribution in [-0.2, 0) is 0 Å². The number of hydrogen-bond donors (Lipinski definition) is 3. The molecule has 3 N–H and O–H groups in total. The highest BCUT2D eigenvalue weighted by Crippen LogP contribution is 2.34. The van der Waals surface area contributed by atoms with Crippen LogP contribution in [0.1, 0.15) is 13.8 Å². The van der Waals surface area contributed by atoms with Gasteiger partial charge < -0.3 is 10.3 Å². The van der Waals surface area contributed by atoms with Gasteiger partial charge in [0.1, 0.15) is 5.69 Å². The third-order valence-corrected chi connectivity index (χ3v) is 5.73. The summed E-state index contributed by atoms with van der Waals surface area (Å²) in [5.41, 5.74) is 8.43. The molecule has 0 spiro atoms. The van der Waals surface area contributed by atoms with Gasteiger partial charge >= 0.3 is 0 Å². The molecule has 166 valence electrons. The molecule has 0 aromatic carbocycles. The molecule has 6 heterocycles. The predicted molar refractivity (Wildman–Crippen MR) is 134 cm³/mol. The lowest BCUT2D eigenvalue weighted by molar-refractivity contribution is 0.898. The van der Waals surface area contributed by atoms with Crippen LogP contribution < -0.4 is 5.32 Å². The Morgan fingerprint density at radius 3 is 2.50 bits per heavy atom. The van der Waals surface area contributed by atoms with E-state index < -0.39 is 0 Å². The minimum absolute atomic E-state index is 0.321. The van der Waals surface area contributed by atoms with Gasteiger partial charge in [-0.1, -0.05) is 0 Å². The summed E-state index contributed by atoms with van der Waals surface area (Å²) in [5.74, 6) is 0. The van der Waals surface area contributed by atoms with Crippen molar-refractivity contribution in [2.45, 2.75) is 19.9 Å². The molecule has 6 aromatic heterocycles. The van der Waals surface area contributed by atoms with Gasteiger partial charge in [0, 0.05) is 58.9 Å². The number of anilines is 1. The van der Waals surface area contributed by atoms with Gasteiger partial charge in [0.2, 0.25) is 0 Å². The zero-order valence-corrected chi connectivity index (χ0v) is 18.7. The van der Waals surface area contributed by atoms with E-state index in [1.807, 2.05) is 43.1 Å². The average molecular weight is 447 g/mol. The quantitative estimate of drug-likeness (QED) is 0.325. The van der Waals surface area contributed by atoms with Crippen LogP contribution in [0.2, 0.25) is 0 Å². The number of rotatable bonds is 5. The summed E-state index contributed by atoms with van der Waals surface area (Å²) < 4.78 is 0. The summed E-state index contributed by atoms with van der Waals surface area (Å²) in [6, 6.07) is 10.5. The summed E-state index contributed by atoms with van der Waals surface area (Å²) in [7, 11) is 0. The second kappa shape index (κ2) is 8.08. The first-order chi connectivity index (χ1) is 16.7. The van der Waals surface area contributed by atoms with E-state index in [4.69, 9.17) is 0 Å². The molecule has 0 bridgehead atoms. The number of fused-ring (bicyclic) bond motifs is 2. The molecule has 0 aliphatic carbocycles. The van der Waals surface area contributed by atoms with Gasteiger partial charge in [-0.2, -0.15) is 5.10 Å². The first kappa shape index (κ1) is 20.0. The highest BCUT2D eigenvalue weighted by Gasteiger charge is 2.15. The van der Waals surface area contributed by atoms with Gasteiger partial charge in [0.15, 0.2) is 0 Å². The molecule has 6 rings (SSSR count). The van der Waals surface area contributed by atoms with Crippen LogP contribution in [0, 0.1) is 0 Å². The molecule has 0 saturated heterocycles. The van der Waals surface area contributed by atoms with Crippen LogP contribution in [0.5, 0.6) is 0 Å². The van der Waals surface area contributed by atoms with Gasteiger partial charge in [-0.15, -0.1) is 0 Å². The summed E-state index contributed by atoms with van der Waals surface area (Å²) in [6.45, 7) is 4.20. The number of nitrogens with zero attached hydrogens (tertiary/aromatic N) is 5. The maximum atomic E-state index is 4.64. The Kier molecular flexibility index (Phi) is 4.76. The van der Waals surface area contributed by atoms with Crippen molar-refractivity contribution >= 4 is 27.5 Å². The maximum Gasteiger partial charge on any atom is 0.116 e. The second-order valence-corrected chi connectivity index (χ2v) is 8.52. The molecule has 0 saturated carbocycles. The van der Waals surface area contributed by atoms with Gasteiger partial charge in [0.25, 0.3) is 0 Å². The van der Waals surface area contributed by atoms with Crippen molar-refractivity contribution in [2.75, 3.05) is 5.32 Å². The molecule has 6 aromatic rings. The zero-order valence-electron chi connectivity index (χ0n) is 18.7. The smallest absolute Gasteiger partial charge is 0.116 e. The normalized spacial score (nSPS) is 11.5. The Morgan fingerprint density at radius 2 is 1.65 bits per heavy atom. The topological polar surface area (TPSA) is 108 Å². The number of aromatic nitrogens is 7. The third-order valence-electron chi connectivity index (χ3n) is 5.73. The van der Waals surface area contributed by atoms with Gasteiger partial charge in [-0.3, -0.25) is 25.0 Å². The average Bonchev–Trinajstić information content (AvgIpc) is 3.48. The molecule has 0 aliphatic heterocycles. The molecule has 8 nitrogen and oxygen atoms in total. The standard InChI is InChI=1S/C26H22N8/c1-15(2)31-18-7-17(10-28-11-18)22-9-20-25(14-30-22)33-34-26(20)23-8-19-21(12-29-13-24(19)32-23)16-3-5-27-6-4-16/h3-15,31-32H,1-2H3,(H,33,34). The molecular weight excluding hydrogens is 424 g/mol. The van der Waals surface area contributed by atoms with Crippen molar-refractivity contribution in [3.63, 3.8) is 0 Å². The van der Waals surface area contributed by atoms with Gasteiger partial charge in [-0.05, 0) is 49.7 Å². The maximum absolute atomic E-state index is 4.64. The number of pyridine rings is 4. The summed E-state index contributed by atoms with van der Waals surface area (Å²) in [4.78, 5) is 21.1. The van der Waals surface area contributed by atoms with Crippen LogP contribution in [0.4, 0.5) is 5.69 Å². The van der Waals surface area contributed by atoms with E-state index in [2.05, 4.69) is 72.5 Å². The summed E-state index contributed by atoms with van der Waals surface area (Å²) in [6.07, 6.45) is 12.8. The van der Waals surface area contributed by atoms with Crippen molar-refractivity contribution in [1.82, 2.24) is 35.1 Å². The van der Waals surface area contributed by atoms with E-state index in [9.17, 15) is 0 Å². The first-order valence-corrected chi connectivity index (χ1v) is 11.1. The lowest BCUT2D eigenvalue weighted by atomic mass is 10.1. The number of hydrogen-bond acceptors (Lipinski definition) is 6. The van der Waals surface area contributed by atoms with Crippen molar-refractivity contribution < 1.29 is 0 Å². The lowest BCUT2D eigenvalue weighted by Gasteiger charge is -2.10. The lowest BCUT2D eigenvalue weighted by Crippen LogP contribution is -2.09. The van der Waals surface area contributed by atoms with Crippen LogP contribution in [0.3, 0.4) is 0 Å². The third kappa shape index (κ3) is 3.55. The largest absolute Gasteiger partial charge is 0.382 e. The van der Waals surface area contributed by atoms with Crippen molar-refractivity contribution in [3.05, 3.63) is 73.7 Å². The molecule has 8 heteroatoms. The fraction of sp³-hybridized carbons (Fsp3) is 0.115. The summed E-state index contributed by atoms with van der Waals surface area (Å²) >= 11 is 0. The second-order valence-electron chi connectivity index (χ2n) is 8.52. The van der Waals surface area contributed by atoms with Crippen molar-refractivity contribution in [1.29, 1.82) is 0 Å². The number of nitrogens with one attached hydrogen (secondary N) is 3. The van der Waals surface area contributed by atoms with E-state index in [1.165, 1.54) is 0 Å². The Balaban J connectivity index is 1.45. The molecule has 0 fully saturated rings. The fourth-order valence-corrected chi connectivity index (χ4v) is 4.21. The Hall–Kier alpha value is -4.59. The number of H-pyrrole nitrogens is 2. The van der Waals surface area contributed by atoms with E-state index in [0.29, 0.717) is 6.04 Å². The van der Waals surface area contributed by atoms with E-state index >= 15 is 0 Å².